The molecule has 2 N–H and O–H groups in total. The van der Waals surface area contributed by atoms with Gasteiger partial charge in [0.2, 0.25) is 0 Å². The monoisotopic (exact) mass is 306 g/mol. The summed E-state index contributed by atoms with van der Waals surface area (Å²) in [5.74, 6) is 0.184. The maximum Gasteiger partial charge on any atom is 0.266 e. The standard InChI is InChI=1S/C16H19FN2OS/c1-2-4-10-7-8-19(9-10)16(20)15-14(18)13-11(17)5-3-6-12(13)21-15/h3,5-6,10H,2,4,7-9,18H2,1H3. The van der Waals surface area contributed by atoms with Crippen molar-refractivity contribution in [2.24, 2.45) is 5.92 Å². The molecule has 5 heteroatoms. The lowest BCUT2D eigenvalue weighted by Crippen LogP contribution is -2.28. The molecule has 1 atom stereocenters. The van der Waals surface area contributed by atoms with Gasteiger partial charge in [0.05, 0.1) is 11.1 Å². The van der Waals surface area contributed by atoms with Gasteiger partial charge in [0.25, 0.3) is 5.91 Å². The third kappa shape index (κ3) is 2.50. The van der Waals surface area contributed by atoms with Gasteiger partial charge < -0.3 is 10.6 Å². The van der Waals surface area contributed by atoms with Crippen LogP contribution in [-0.2, 0) is 0 Å². The number of nitrogen functional groups attached to an aromatic ring is 1. The van der Waals surface area contributed by atoms with E-state index in [-0.39, 0.29) is 17.4 Å². The van der Waals surface area contributed by atoms with E-state index in [9.17, 15) is 9.18 Å². The molecule has 1 unspecified atom stereocenters. The number of rotatable bonds is 3. The molecule has 0 bridgehead atoms. The molecule has 0 aliphatic carbocycles. The molecule has 1 aliphatic rings. The average molecular weight is 306 g/mol. The first-order chi connectivity index (χ1) is 10.1. The molecule has 0 saturated carbocycles. The number of hydrogen-bond donors (Lipinski definition) is 1. The number of fused-ring (bicyclic) bond motifs is 1. The van der Waals surface area contributed by atoms with Gasteiger partial charge in [-0.3, -0.25) is 4.79 Å². The summed E-state index contributed by atoms with van der Waals surface area (Å²) in [6.07, 6.45) is 3.35. The predicted molar refractivity (Wildman–Crippen MR) is 85.1 cm³/mol. The number of carbonyl (C=O) groups excluding carboxylic acids is 1. The molecule has 3 rings (SSSR count). The second-order valence-electron chi connectivity index (χ2n) is 5.65. The first kappa shape index (κ1) is 14.3. The minimum absolute atomic E-state index is 0.0493. The maximum atomic E-state index is 13.9. The third-order valence-electron chi connectivity index (χ3n) is 4.17. The molecule has 0 spiro atoms. The summed E-state index contributed by atoms with van der Waals surface area (Å²) < 4.78 is 14.6. The molecular formula is C16H19FN2OS. The first-order valence-electron chi connectivity index (χ1n) is 7.37. The van der Waals surface area contributed by atoms with Gasteiger partial charge in [0, 0.05) is 17.8 Å². The van der Waals surface area contributed by atoms with Crippen molar-refractivity contribution in [1.82, 2.24) is 4.90 Å². The Kier molecular flexibility index (Phi) is 3.85. The van der Waals surface area contributed by atoms with Crippen LogP contribution in [0.3, 0.4) is 0 Å². The smallest absolute Gasteiger partial charge is 0.266 e. The van der Waals surface area contributed by atoms with Crippen molar-refractivity contribution in [3.8, 4) is 0 Å². The molecule has 1 aromatic carbocycles. The van der Waals surface area contributed by atoms with Crippen LogP contribution in [-0.4, -0.2) is 23.9 Å². The van der Waals surface area contributed by atoms with E-state index < -0.39 is 0 Å². The Balaban J connectivity index is 1.89. The molecule has 1 saturated heterocycles. The molecule has 3 nitrogen and oxygen atoms in total. The van der Waals surface area contributed by atoms with Gasteiger partial charge in [-0.2, -0.15) is 0 Å². The second-order valence-corrected chi connectivity index (χ2v) is 6.70. The maximum absolute atomic E-state index is 13.9. The van der Waals surface area contributed by atoms with E-state index in [0.29, 0.717) is 16.2 Å². The minimum Gasteiger partial charge on any atom is -0.397 e. The lowest BCUT2D eigenvalue weighted by atomic mass is 10.0. The molecule has 1 aliphatic heterocycles. The normalized spacial score (nSPS) is 18.6. The Hall–Kier alpha value is -1.62. The highest BCUT2D eigenvalue weighted by Gasteiger charge is 2.29. The number of nitrogens with two attached hydrogens (primary N) is 1. The lowest BCUT2D eigenvalue weighted by molar-refractivity contribution is 0.0792. The highest BCUT2D eigenvalue weighted by molar-refractivity contribution is 7.21. The summed E-state index contributed by atoms with van der Waals surface area (Å²) >= 11 is 1.29. The van der Waals surface area contributed by atoms with Gasteiger partial charge in [0.15, 0.2) is 0 Å². The van der Waals surface area contributed by atoms with Crippen molar-refractivity contribution in [3.63, 3.8) is 0 Å². The first-order valence-corrected chi connectivity index (χ1v) is 8.19. The van der Waals surface area contributed by atoms with Crippen molar-refractivity contribution in [3.05, 3.63) is 28.9 Å². The number of likely N-dealkylation sites (tertiary alicyclic amines) is 1. The molecular weight excluding hydrogens is 287 g/mol. The van der Waals surface area contributed by atoms with Gasteiger partial charge in [-0.05, 0) is 30.9 Å². The van der Waals surface area contributed by atoms with Crippen LogP contribution in [0, 0.1) is 11.7 Å². The van der Waals surface area contributed by atoms with Crippen LogP contribution < -0.4 is 5.73 Å². The number of amides is 1. The fraction of sp³-hybridized carbons (Fsp3) is 0.438. The highest BCUT2D eigenvalue weighted by Crippen LogP contribution is 2.36. The molecule has 1 fully saturated rings. The van der Waals surface area contributed by atoms with Crippen LogP contribution in [0.5, 0.6) is 0 Å². The van der Waals surface area contributed by atoms with Crippen molar-refractivity contribution in [2.75, 3.05) is 18.8 Å². The number of benzene rings is 1. The molecule has 1 aromatic heterocycles. The topological polar surface area (TPSA) is 46.3 Å². The molecule has 0 radical (unpaired) electrons. The number of hydrogen-bond acceptors (Lipinski definition) is 3. The average Bonchev–Trinajstić information content (AvgIpc) is 3.05. The summed E-state index contributed by atoms with van der Waals surface area (Å²) in [6, 6.07) is 4.84. The highest BCUT2D eigenvalue weighted by atomic mass is 32.1. The summed E-state index contributed by atoms with van der Waals surface area (Å²) in [5.41, 5.74) is 6.31. The van der Waals surface area contributed by atoms with E-state index in [1.165, 1.54) is 17.4 Å². The quantitative estimate of drug-likeness (QED) is 0.935. The Morgan fingerprint density at radius 3 is 3.05 bits per heavy atom. The van der Waals surface area contributed by atoms with E-state index in [2.05, 4.69) is 6.92 Å². The van der Waals surface area contributed by atoms with E-state index in [1.54, 1.807) is 12.1 Å². The number of nitrogens with zero attached hydrogens (tertiary/aromatic N) is 1. The van der Waals surface area contributed by atoms with Crippen LogP contribution in [0.25, 0.3) is 10.1 Å². The number of carbonyl (C=O) groups is 1. The summed E-state index contributed by atoms with van der Waals surface area (Å²) in [7, 11) is 0. The minimum atomic E-state index is -0.356. The number of anilines is 1. The Labute approximate surface area is 127 Å². The number of halogens is 1. The Morgan fingerprint density at radius 2 is 2.33 bits per heavy atom. The lowest BCUT2D eigenvalue weighted by Gasteiger charge is -2.15. The van der Waals surface area contributed by atoms with E-state index in [4.69, 9.17) is 5.73 Å². The largest absolute Gasteiger partial charge is 0.397 e. The summed E-state index contributed by atoms with van der Waals surface area (Å²) in [4.78, 5) is 15.0. The predicted octanol–water partition coefficient (Wildman–Crippen LogP) is 3.88. The fourth-order valence-electron chi connectivity index (χ4n) is 3.09. The van der Waals surface area contributed by atoms with Gasteiger partial charge in [-0.1, -0.05) is 19.4 Å². The van der Waals surface area contributed by atoms with Crippen molar-refractivity contribution in [2.45, 2.75) is 26.2 Å². The zero-order valence-electron chi connectivity index (χ0n) is 12.1. The SMILES string of the molecule is CCCC1CCN(C(=O)c2sc3cccc(F)c3c2N)C1. The molecule has 112 valence electrons. The van der Waals surface area contributed by atoms with Crippen LogP contribution in [0.1, 0.15) is 35.9 Å². The van der Waals surface area contributed by atoms with Crippen LogP contribution in [0.2, 0.25) is 0 Å². The summed E-state index contributed by atoms with van der Waals surface area (Å²) in [5, 5.41) is 0.384. The van der Waals surface area contributed by atoms with Crippen molar-refractivity contribution in [1.29, 1.82) is 0 Å². The number of thiophene rings is 1. The van der Waals surface area contributed by atoms with Gasteiger partial charge in [0.1, 0.15) is 10.7 Å². The van der Waals surface area contributed by atoms with Crippen LogP contribution in [0.4, 0.5) is 10.1 Å². The zero-order chi connectivity index (χ0) is 15.0. The van der Waals surface area contributed by atoms with Crippen molar-refractivity contribution < 1.29 is 9.18 Å². The second kappa shape index (κ2) is 5.64. The van der Waals surface area contributed by atoms with Crippen LogP contribution in [0.15, 0.2) is 18.2 Å². The third-order valence-corrected chi connectivity index (χ3v) is 5.32. The Morgan fingerprint density at radius 1 is 1.52 bits per heavy atom. The van der Waals surface area contributed by atoms with Gasteiger partial charge >= 0.3 is 0 Å². The molecule has 2 heterocycles. The van der Waals surface area contributed by atoms with Crippen molar-refractivity contribution >= 4 is 33.0 Å². The van der Waals surface area contributed by atoms with E-state index in [1.807, 2.05) is 4.90 Å². The summed E-state index contributed by atoms with van der Waals surface area (Å²) in [6.45, 7) is 3.74. The van der Waals surface area contributed by atoms with Crippen LogP contribution >= 0.6 is 11.3 Å². The van der Waals surface area contributed by atoms with E-state index in [0.717, 1.165) is 37.1 Å². The molecule has 2 aromatic rings. The zero-order valence-corrected chi connectivity index (χ0v) is 12.9. The fourth-order valence-corrected chi connectivity index (χ4v) is 4.20. The van der Waals surface area contributed by atoms with E-state index >= 15 is 0 Å². The Bertz CT molecular complexity index is 682. The van der Waals surface area contributed by atoms with Gasteiger partial charge in [-0.15, -0.1) is 11.3 Å². The molecule has 1 amide bonds. The van der Waals surface area contributed by atoms with Gasteiger partial charge in [-0.25, -0.2) is 4.39 Å². The molecule has 21 heavy (non-hydrogen) atoms.